The first-order valence-electron chi connectivity index (χ1n) is 7.22. The van der Waals surface area contributed by atoms with Gasteiger partial charge < -0.3 is 10.6 Å². The Morgan fingerprint density at radius 2 is 2.38 bits per heavy atom. The summed E-state index contributed by atoms with van der Waals surface area (Å²) in [6.45, 7) is 3.69. The van der Waals surface area contributed by atoms with Crippen molar-refractivity contribution in [3.63, 3.8) is 0 Å². The van der Waals surface area contributed by atoms with Crippen LogP contribution in [0.25, 0.3) is 10.9 Å². The molecule has 1 aromatic carbocycles. The lowest BCUT2D eigenvalue weighted by Crippen LogP contribution is -2.37. The number of fused-ring (bicyclic) bond motifs is 1. The van der Waals surface area contributed by atoms with Gasteiger partial charge in [0.1, 0.15) is 0 Å². The van der Waals surface area contributed by atoms with Crippen LogP contribution in [0.15, 0.2) is 24.4 Å². The van der Waals surface area contributed by atoms with Gasteiger partial charge in [-0.2, -0.15) is 0 Å². The Hall–Kier alpha value is -1.65. The largest absolute Gasteiger partial charge is 0.324 e. The highest BCUT2D eigenvalue weighted by atomic mass is 35.5. The number of anilines is 1. The summed E-state index contributed by atoms with van der Waals surface area (Å²) in [5, 5.41) is 7.70. The van der Waals surface area contributed by atoms with Crippen LogP contribution in [0.2, 0.25) is 5.02 Å². The highest BCUT2D eigenvalue weighted by Gasteiger charge is 2.22. The number of aromatic nitrogens is 1. The zero-order chi connectivity index (χ0) is 14.8. The van der Waals surface area contributed by atoms with Crippen LogP contribution in [0.3, 0.4) is 0 Å². The SMILES string of the molecule is Cc1cc(Cl)c(NC(=O)[C@@H]2CCCNC2)c2cccnc12. The zero-order valence-corrected chi connectivity index (χ0v) is 12.7. The molecule has 1 amide bonds. The van der Waals surface area contributed by atoms with Gasteiger partial charge in [0.2, 0.25) is 5.91 Å². The van der Waals surface area contributed by atoms with Gasteiger partial charge in [-0.05, 0) is 50.1 Å². The first-order valence-corrected chi connectivity index (χ1v) is 7.60. The molecule has 2 heterocycles. The third kappa shape index (κ3) is 2.87. The number of amides is 1. The number of carbonyl (C=O) groups excluding carboxylic acids is 1. The number of nitrogens with zero attached hydrogens (tertiary/aromatic N) is 1. The number of halogens is 1. The lowest BCUT2D eigenvalue weighted by molar-refractivity contribution is -0.120. The summed E-state index contributed by atoms with van der Waals surface area (Å²) in [6, 6.07) is 5.65. The number of aryl methyl sites for hydroxylation is 1. The summed E-state index contributed by atoms with van der Waals surface area (Å²) in [5.41, 5.74) is 2.55. The summed E-state index contributed by atoms with van der Waals surface area (Å²) in [6.07, 6.45) is 3.69. The Balaban J connectivity index is 1.94. The molecular weight excluding hydrogens is 286 g/mol. The van der Waals surface area contributed by atoms with E-state index in [0.29, 0.717) is 10.7 Å². The van der Waals surface area contributed by atoms with Gasteiger partial charge in [-0.15, -0.1) is 0 Å². The molecule has 21 heavy (non-hydrogen) atoms. The molecule has 0 unspecified atom stereocenters. The maximum Gasteiger partial charge on any atom is 0.228 e. The van der Waals surface area contributed by atoms with Crippen LogP contribution in [0, 0.1) is 12.8 Å². The fourth-order valence-corrected chi connectivity index (χ4v) is 3.12. The molecule has 0 aliphatic carbocycles. The van der Waals surface area contributed by atoms with Crippen LogP contribution in [-0.4, -0.2) is 24.0 Å². The lowest BCUT2D eigenvalue weighted by atomic mass is 9.98. The highest BCUT2D eigenvalue weighted by Crippen LogP contribution is 2.33. The van der Waals surface area contributed by atoms with Gasteiger partial charge in [0.05, 0.1) is 22.1 Å². The summed E-state index contributed by atoms with van der Waals surface area (Å²) < 4.78 is 0. The van der Waals surface area contributed by atoms with Crippen LogP contribution in [0.4, 0.5) is 5.69 Å². The smallest absolute Gasteiger partial charge is 0.228 e. The number of benzene rings is 1. The summed E-state index contributed by atoms with van der Waals surface area (Å²) in [4.78, 5) is 16.8. The summed E-state index contributed by atoms with van der Waals surface area (Å²) in [5.74, 6) is 0.0287. The van der Waals surface area contributed by atoms with Crippen LogP contribution in [0.5, 0.6) is 0 Å². The van der Waals surface area contributed by atoms with E-state index in [4.69, 9.17) is 11.6 Å². The molecule has 1 fully saturated rings. The van der Waals surface area contributed by atoms with Crippen molar-refractivity contribution in [3.05, 3.63) is 35.0 Å². The number of hydrogen-bond acceptors (Lipinski definition) is 3. The molecule has 1 saturated heterocycles. The number of hydrogen-bond donors (Lipinski definition) is 2. The minimum absolute atomic E-state index is 0.00263. The van der Waals surface area contributed by atoms with Crippen molar-refractivity contribution < 1.29 is 4.79 Å². The van der Waals surface area contributed by atoms with Crippen molar-refractivity contribution in [2.45, 2.75) is 19.8 Å². The summed E-state index contributed by atoms with van der Waals surface area (Å²) >= 11 is 6.33. The third-order valence-corrected chi connectivity index (χ3v) is 4.25. The van der Waals surface area contributed by atoms with Crippen LogP contribution >= 0.6 is 11.6 Å². The van der Waals surface area contributed by atoms with Crippen molar-refractivity contribution >= 4 is 34.1 Å². The molecule has 5 heteroatoms. The quantitative estimate of drug-likeness (QED) is 0.896. The molecule has 2 N–H and O–H groups in total. The van der Waals surface area contributed by atoms with Gasteiger partial charge in [0.15, 0.2) is 0 Å². The fraction of sp³-hybridized carbons (Fsp3) is 0.375. The standard InChI is InChI=1S/C16H18ClN3O/c1-10-8-13(17)15(12-5-3-7-19-14(10)12)20-16(21)11-4-2-6-18-9-11/h3,5,7-8,11,18H,2,4,6,9H2,1H3,(H,20,21)/t11-/m1/s1. The molecule has 1 atom stereocenters. The third-order valence-electron chi connectivity index (χ3n) is 3.95. The Kier molecular flexibility index (Phi) is 4.08. The second-order valence-electron chi connectivity index (χ2n) is 5.48. The van der Waals surface area contributed by atoms with Crippen LogP contribution < -0.4 is 10.6 Å². The van der Waals surface area contributed by atoms with Crippen LogP contribution in [-0.2, 0) is 4.79 Å². The van der Waals surface area contributed by atoms with Crippen molar-refractivity contribution in [2.24, 2.45) is 5.92 Å². The average molecular weight is 304 g/mol. The Morgan fingerprint density at radius 3 is 3.14 bits per heavy atom. The van der Waals surface area contributed by atoms with Crippen LogP contribution in [0.1, 0.15) is 18.4 Å². The van der Waals surface area contributed by atoms with E-state index in [-0.39, 0.29) is 11.8 Å². The van der Waals surface area contributed by atoms with Gasteiger partial charge >= 0.3 is 0 Å². The minimum Gasteiger partial charge on any atom is -0.324 e. The van der Waals surface area contributed by atoms with Crippen molar-refractivity contribution in [3.8, 4) is 0 Å². The highest BCUT2D eigenvalue weighted by molar-refractivity contribution is 6.35. The van der Waals surface area contributed by atoms with E-state index in [1.807, 2.05) is 25.1 Å². The predicted molar refractivity (Wildman–Crippen MR) is 85.7 cm³/mol. The van der Waals surface area contributed by atoms with E-state index in [1.54, 1.807) is 6.20 Å². The number of carbonyl (C=O) groups is 1. The van der Waals surface area contributed by atoms with Gasteiger partial charge in [0.25, 0.3) is 0 Å². The van der Waals surface area contributed by atoms with Crippen molar-refractivity contribution in [1.82, 2.24) is 10.3 Å². The molecule has 1 aromatic heterocycles. The topological polar surface area (TPSA) is 54.0 Å². The monoisotopic (exact) mass is 303 g/mol. The molecule has 1 aliphatic rings. The molecule has 0 radical (unpaired) electrons. The molecule has 0 saturated carbocycles. The minimum atomic E-state index is 0.00263. The van der Waals surface area contributed by atoms with E-state index < -0.39 is 0 Å². The molecule has 110 valence electrons. The van der Waals surface area contributed by atoms with Gasteiger partial charge in [-0.1, -0.05) is 11.6 Å². The maximum atomic E-state index is 12.4. The summed E-state index contributed by atoms with van der Waals surface area (Å²) in [7, 11) is 0. The lowest BCUT2D eigenvalue weighted by Gasteiger charge is -2.22. The molecular formula is C16H18ClN3O. The number of rotatable bonds is 2. The molecule has 0 bridgehead atoms. The number of pyridine rings is 1. The normalized spacial score (nSPS) is 18.7. The van der Waals surface area contributed by atoms with Crippen molar-refractivity contribution in [1.29, 1.82) is 0 Å². The predicted octanol–water partition coefficient (Wildman–Crippen LogP) is 3.13. The Labute approximate surface area is 128 Å². The van der Waals surface area contributed by atoms with E-state index in [2.05, 4.69) is 15.6 Å². The first kappa shape index (κ1) is 14.3. The number of piperidine rings is 1. The number of nitrogens with one attached hydrogen (secondary N) is 2. The second-order valence-corrected chi connectivity index (χ2v) is 5.89. The van der Waals surface area contributed by atoms with E-state index in [9.17, 15) is 4.79 Å². The molecule has 4 nitrogen and oxygen atoms in total. The molecule has 2 aromatic rings. The maximum absolute atomic E-state index is 12.4. The molecule has 0 spiro atoms. The average Bonchev–Trinajstić information content (AvgIpc) is 2.52. The molecule has 1 aliphatic heterocycles. The van der Waals surface area contributed by atoms with E-state index in [0.717, 1.165) is 42.4 Å². The van der Waals surface area contributed by atoms with Crippen molar-refractivity contribution in [2.75, 3.05) is 18.4 Å². The Morgan fingerprint density at radius 1 is 1.52 bits per heavy atom. The first-order chi connectivity index (χ1) is 10.2. The zero-order valence-electron chi connectivity index (χ0n) is 11.9. The van der Waals surface area contributed by atoms with Gasteiger partial charge in [0, 0.05) is 18.1 Å². The van der Waals surface area contributed by atoms with E-state index in [1.165, 1.54) is 0 Å². The Bertz CT molecular complexity index is 681. The van der Waals surface area contributed by atoms with Gasteiger partial charge in [-0.3, -0.25) is 9.78 Å². The van der Waals surface area contributed by atoms with E-state index >= 15 is 0 Å². The van der Waals surface area contributed by atoms with Gasteiger partial charge in [-0.25, -0.2) is 0 Å². The molecule has 3 rings (SSSR count). The second kappa shape index (κ2) is 6.00. The fourth-order valence-electron chi connectivity index (χ4n) is 2.81.